The molecule has 0 amide bonds. The highest BCUT2D eigenvalue weighted by Gasteiger charge is 2.06. The number of nitrogens with zero attached hydrogens (tertiary/aromatic N) is 5. The summed E-state index contributed by atoms with van der Waals surface area (Å²) in [4.78, 5) is 11.8. The zero-order valence-corrected chi connectivity index (χ0v) is 19.7. The maximum absolute atomic E-state index is 13.0. The second-order valence-corrected chi connectivity index (χ2v) is 7.92. The fourth-order valence-corrected chi connectivity index (χ4v) is 3.29. The van der Waals surface area contributed by atoms with Crippen LogP contribution in [0.15, 0.2) is 55.4 Å². The van der Waals surface area contributed by atoms with Crippen molar-refractivity contribution in [2.24, 2.45) is 0 Å². The predicted molar refractivity (Wildman–Crippen MR) is 126 cm³/mol. The van der Waals surface area contributed by atoms with Crippen LogP contribution in [0.2, 0.25) is 0 Å². The Hall–Kier alpha value is -3.15. The molecule has 0 spiro atoms. The van der Waals surface area contributed by atoms with Gasteiger partial charge in [0.25, 0.3) is 0 Å². The lowest BCUT2D eigenvalue weighted by molar-refractivity contribution is 0.616. The maximum atomic E-state index is 13.0. The average Bonchev–Trinajstić information content (AvgIpc) is 3.40. The quantitative estimate of drug-likeness (QED) is 0.266. The Morgan fingerprint density at radius 2 is 1.38 bits per heavy atom. The van der Waals surface area contributed by atoms with Crippen LogP contribution in [0.5, 0.6) is 0 Å². The second kappa shape index (κ2) is 9.98. The molecule has 5 heterocycles. The minimum Gasteiger partial charge on any atom is -0.383 e. The standard InChI is InChI=1S/C8H6FIN2.C8H7FN2.C6H7FN2/c1-5-6(9)2-3-12-7(10)4-11-8(5)12;1-6-7(9)2-4-11-5-3-10-8(6)11;1-4-5(7)2-3-9-6(4)8/h2-4H,1H3;2-5H,1H3;2-3H,1H3,(H2,8,9). The number of pyridine rings is 3. The third kappa shape index (κ3) is 5.01. The van der Waals surface area contributed by atoms with E-state index in [9.17, 15) is 13.2 Å². The number of imidazole rings is 2. The van der Waals surface area contributed by atoms with Crippen LogP contribution >= 0.6 is 22.6 Å². The minimum atomic E-state index is -0.303. The number of aryl methyl sites for hydroxylation is 2. The summed E-state index contributed by atoms with van der Waals surface area (Å²) >= 11 is 2.16. The molecule has 0 aliphatic heterocycles. The normalized spacial score (nSPS) is 10.5. The highest BCUT2D eigenvalue weighted by atomic mass is 127. The van der Waals surface area contributed by atoms with Gasteiger partial charge in [-0.3, -0.25) is 4.40 Å². The molecule has 32 heavy (non-hydrogen) atoms. The molecule has 0 aliphatic carbocycles. The van der Waals surface area contributed by atoms with Crippen LogP contribution in [-0.4, -0.2) is 23.8 Å². The Morgan fingerprint density at radius 1 is 0.750 bits per heavy atom. The van der Waals surface area contributed by atoms with Gasteiger partial charge in [0.15, 0.2) is 0 Å². The number of rotatable bonds is 0. The Balaban J connectivity index is 0.000000137. The van der Waals surface area contributed by atoms with E-state index in [0.29, 0.717) is 28.0 Å². The Morgan fingerprint density at radius 3 is 2.03 bits per heavy atom. The van der Waals surface area contributed by atoms with E-state index < -0.39 is 0 Å². The number of hydrogen-bond donors (Lipinski definition) is 1. The maximum Gasteiger partial charge on any atom is 0.143 e. The van der Waals surface area contributed by atoms with Crippen LogP contribution in [0.1, 0.15) is 16.7 Å². The van der Waals surface area contributed by atoms with Crippen molar-refractivity contribution >= 4 is 39.7 Å². The summed E-state index contributed by atoms with van der Waals surface area (Å²) in [6.45, 7) is 5.04. The van der Waals surface area contributed by atoms with Gasteiger partial charge in [-0.25, -0.2) is 28.1 Å². The van der Waals surface area contributed by atoms with E-state index in [1.807, 2.05) is 4.40 Å². The molecule has 0 fully saturated rings. The number of halogens is 4. The second-order valence-electron chi connectivity index (χ2n) is 6.81. The van der Waals surface area contributed by atoms with E-state index in [-0.39, 0.29) is 23.3 Å². The summed E-state index contributed by atoms with van der Waals surface area (Å²) < 4.78 is 43.0. The molecule has 5 aromatic heterocycles. The van der Waals surface area contributed by atoms with Crippen LogP contribution in [0.25, 0.3) is 11.3 Å². The molecule has 6 nitrogen and oxygen atoms in total. The Kier molecular flexibility index (Phi) is 7.33. The van der Waals surface area contributed by atoms with Crippen molar-refractivity contribution in [2.45, 2.75) is 20.8 Å². The zero-order chi connectivity index (χ0) is 23.4. The first-order valence-corrected chi connectivity index (χ1v) is 10.5. The molecule has 166 valence electrons. The van der Waals surface area contributed by atoms with Gasteiger partial charge in [0.1, 0.15) is 38.3 Å². The number of nitrogen functional groups attached to an aromatic ring is 1. The van der Waals surface area contributed by atoms with E-state index in [0.717, 1.165) is 3.70 Å². The fraction of sp³-hybridized carbons (Fsp3) is 0.136. The Labute approximate surface area is 196 Å². The molecular weight excluding hydrogens is 532 g/mol. The summed E-state index contributed by atoms with van der Waals surface area (Å²) in [5.41, 5.74) is 8.26. The van der Waals surface area contributed by atoms with Crippen molar-refractivity contribution in [3.05, 3.63) is 93.2 Å². The van der Waals surface area contributed by atoms with Gasteiger partial charge < -0.3 is 10.1 Å². The third-order valence-electron chi connectivity index (χ3n) is 4.74. The highest BCUT2D eigenvalue weighted by Crippen LogP contribution is 2.15. The van der Waals surface area contributed by atoms with Crippen molar-refractivity contribution in [1.82, 2.24) is 23.8 Å². The topological polar surface area (TPSA) is 73.5 Å². The number of hydrogen-bond acceptors (Lipinski definition) is 4. The zero-order valence-electron chi connectivity index (χ0n) is 17.5. The first kappa shape index (κ1) is 23.5. The van der Waals surface area contributed by atoms with Gasteiger partial charge in [-0.05, 0) is 61.6 Å². The smallest absolute Gasteiger partial charge is 0.143 e. The van der Waals surface area contributed by atoms with Crippen molar-refractivity contribution in [1.29, 1.82) is 0 Å². The largest absolute Gasteiger partial charge is 0.383 e. The van der Waals surface area contributed by atoms with Gasteiger partial charge in [0, 0.05) is 47.7 Å². The molecule has 5 rings (SSSR count). The number of aromatic nitrogens is 5. The van der Waals surface area contributed by atoms with E-state index in [4.69, 9.17) is 5.73 Å². The molecule has 0 unspecified atom stereocenters. The number of fused-ring (bicyclic) bond motifs is 2. The lowest BCUT2D eigenvalue weighted by Gasteiger charge is -1.99. The molecule has 0 saturated carbocycles. The predicted octanol–water partition coefficient (Wildman–Crippen LogP) is 5.28. The van der Waals surface area contributed by atoms with Crippen molar-refractivity contribution in [2.75, 3.05) is 5.73 Å². The first-order chi connectivity index (χ1) is 15.2. The van der Waals surface area contributed by atoms with Crippen LogP contribution in [0.4, 0.5) is 19.0 Å². The molecule has 0 atom stereocenters. The van der Waals surface area contributed by atoms with E-state index >= 15 is 0 Å². The van der Waals surface area contributed by atoms with Crippen molar-refractivity contribution in [3.8, 4) is 0 Å². The van der Waals surface area contributed by atoms with Crippen LogP contribution in [-0.2, 0) is 0 Å². The minimum absolute atomic E-state index is 0.204. The van der Waals surface area contributed by atoms with Crippen LogP contribution < -0.4 is 5.73 Å². The molecule has 5 aromatic rings. The molecule has 0 aromatic carbocycles. The van der Waals surface area contributed by atoms with E-state index in [1.165, 1.54) is 24.4 Å². The Bertz CT molecular complexity index is 1360. The SMILES string of the molecule is Cc1c(F)ccn2c(I)cnc12.Cc1c(F)ccn2ccnc12.Cc1c(F)ccnc1N. The average molecular weight is 552 g/mol. The van der Waals surface area contributed by atoms with Gasteiger partial charge in [0.05, 0.1) is 6.20 Å². The van der Waals surface area contributed by atoms with Gasteiger partial charge in [-0.2, -0.15) is 0 Å². The van der Waals surface area contributed by atoms with Crippen molar-refractivity contribution in [3.63, 3.8) is 0 Å². The summed E-state index contributed by atoms with van der Waals surface area (Å²) in [7, 11) is 0. The molecule has 2 N–H and O–H groups in total. The lowest BCUT2D eigenvalue weighted by Crippen LogP contribution is -1.95. The van der Waals surface area contributed by atoms with Gasteiger partial charge in [0.2, 0.25) is 0 Å². The number of nitrogens with two attached hydrogens (primary N) is 1. The first-order valence-electron chi connectivity index (χ1n) is 9.42. The van der Waals surface area contributed by atoms with Crippen LogP contribution in [0, 0.1) is 41.9 Å². The fourth-order valence-electron chi connectivity index (χ4n) is 2.76. The molecule has 0 saturated heterocycles. The third-order valence-corrected chi connectivity index (χ3v) is 5.53. The number of anilines is 1. The molecule has 10 heteroatoms. The van der Waals surface area contributed by atoms with E-state index in [1.54, 1.807) is 56.2 Å². The lowest BCUT2D eigenvalue weighted by atomic mass is 10.3. The van der Waals surface area contributed by atoms with E-state index in [2.05, 4.69) is 37.5 Å². The highest BCUT2D eigenvalue weighted by molar-refractivity contribution is 14.1. The summed E-state index contributed by atoms with van der Waals surface area (Å²) in [6.07, 6.45) is 9.86. The van der Waals surface area contributed by atoms with Gasteiger partial charge >= 0.3 is 0 Å². The summed E-state index contributed by atoms with van der Waals surface area (Å²) in [5, 5.41) is 0. The molecule has 0 aliphatic rings. The van der Waals surface area contributed by atoms with Gasteiger partial charge in [-0.15, -0.1) is 0 Å². The summed E-state index contributed by atoms with van der Waals surface area (Å²) in [5.74, 6) is -0.453. The van der Waals surface area contributed by atoms with Crippen LogP contribution in [0.3, 0.4) is 0 Å². The molecule has 0 radical (unpaired) electrons. The van der Waals surface area contributed by atoms with Crippen molar-refractivity contribution < 1.29 is 13.2 Å². The molecular formula is C22H20F3IN6. The van der Waals surface area contributed by atoms with Gasteiger partial charge in [-0.1, -0.05) is 0 Å². The summed E-state index contributed by atoms with van der Waals surface area (Å²) in [6, 6.07) is 4.17. The molecule has 0 bridgehead atoms. The monoisotopic (exact) mass is 552 g/mol.